The van der Waals surface area contributed by atoms with E-state index in [2.05, 4.69) is 22.1 Å². The smallest absolute Gasteiger partial charge is 0.274 e. The number of nitrogens with one attached hydrogen (secondary N) is 1. The molecule has 134 valence electrons. The van der Waals surface area contributed by atoms with Gasteiger partial charge in [0, 0.05) is 31.2 Å². The van der Waals surface area contributed by atoms with Gasteiger partial charge >= 0.3 is 0 Å². The Morgan fingerprint density at radius 3 is 2.38 bits per heavy atom. The molecule has 0 atom stereocenters. The van der Waals surface area contributed by atoms with Gasteiger partial charge in [0.05, 0.1) is 0 Å². The summed E-state index contributed by atoms with van der Waals surface area (Å²) in [7, 11) is 0. The normalized spacial score (nSPS) is 10.7. The molecule has 0 spiro atoms. The number of benzene rings is 1. The molecule has 26 heavy (non-hydrogen) atoms. The number of carbonyl (C=O) groups is 1. The van der Waals surface area contributed by atoms with Crippen molar-refractivity contribution < 1.29 is 9.90 Å². The number of phenols is 1. The van der Waals surface area contributed by atoms with Gasteiger partial charge in [-0.25, -0.2) is 0 Å². The second-order valence-electron chi connectivity index (χ2n) is 6.21. The van der Waals surface area contributed by atoms with Crippen molar-refractivity contribution in [2.24, 2.45) is 0 Å². The van der Waals surface area contributed by atoms with Crippen LogP contribution < -0.4 is 0 Å². The maximum Gasteiger partial charge on any atom is 0.274 e. The van der Waals surface area contributed by atoms with Gasteiger partial charge in [0.2, 0.25) is 0 Å². The van der Waals surface area contributed by atoms with Crippen LogP contribution in [0.25, 0.3) is 0 Å². The largest absolute Gasteiger partial charge is 0.508 e. The first-order valence-electron chi connectivity index (χ1n) is 8.66. The molecule has 0 aliphatic carbocycles. The molecule has 6 heteroatoms. The molecule has 2 aromatic heterocycles. The van der Waals surface area contributed by atoms with Gasteiger partial charge in [0.1, 0.15) is 11.4 Å². The lowest BCUT2D eigenvalue weighted by Gasteiger charge is -2.22. The molecule has 6 nitrogen and oxygen atoms in total. The van der Waals surface area contributed by atoms with Crippen LogP contribution in [-0.4, -0.2) is 31.1 Å². The van der Waals surface area contributed by atoms with E-state index >= 15 is 0 Å². The molecular formula is C20H22N4O2. The number of H-pyrrole nitrogens is 1. The fraction of sp³-hybridized carbons (Fsp3) is 0.250. The van der Waals surface area contributed by atoms with Gasteiger partial charge < -0.3 is 10.0 Å². The van der Waals surface area contributed by atoms with E-state index in [0.29, 0.717) is 18.8 Å². The van der Waals surface area contributed by atoms with Gasteiger partial charge in [0.15, 0.2) is 0 Å². The molecule has 3 rings (SSSR count). The monoisotopic (exact) mass is 350 g/mol. The van der Waals surface area contributed by atoms with Gasteiger partial charge in [-0.2, -0.15) is 5.10 Å². The van der Waals surface area contributed by atoms with Gasteiger partial charge in [-0.1, -0.05) is 25.5 Å². The Hall–Kier alpha value is -3.15. The maximum atomic E-state index is 13.0. The Morgan fingerprint density at radius 1 is 1.08 bits per heavy atom. The van der Waals surface area contributed by atoms with E-state index in [-0.39, 0.29) is 11.7 Å². The van der Waals surface area contributed by atoms with Crippen molar-refractivity contribution in [3.63, 3.8) is 0 Å². The van der Waals surface area contributed by atoms with Crippen LogP contribution in [0.1, 0.15) is 40.7 Å². The van der Waals surface area contributed by atoms with Crippen molar-refractivity contribution in [3.8, 4) is 5.75 Å². The molecule has 0 radical (unpaired) electrons. The molecule has 1 amide bonds. The summed E-state index contributed by atoms with van der Waals surface area (Å²) in [6.45, 7) is 2.97. The lowest BCUT2D eigenvalue weighted by atomic mass is 10.1. The topological polar surface area (TPSA) is 82.1 Å². The summed E-state index contributed by atoms with van der Waals surface area (Å²) in [4.78, 5) is 18.8. The highest BCUT2D eigenvalue weighted by Crippen LogP contribution is 2.16. The Labute approximate surface area is 152 Å². The lowest BCUT2D eigenvalue weighted by molar-refractivity contribution is 0.0724. The van der Waals surface area contributed by atoms with Crippen LogP contribution in [0.4, 0.5) is 0 Å². The summed E-state index contributed by atoms with van der Waals surface area (Å²) in [6.07, 6.45) is 5.28. The number of pyridine rings is 1. The average Bonchev–Trinajstić information content (AvgIpc) is 3.12. The van der Waals surface area contributed by atoms with E-state index in [1.165, 1.54) is 0 Å². The van der Waals surface area contributed by atoms with Crippen molar-refractivity contribution in [2.45, 2.75) is 32.9 Å². The van der Waals surface area contributed by atoms with Crippen molar-refractivity contribution in [1.29, 1.82) is 0 Å². The summed E-state index contributed by atoms with van der Waals surface area (Å²) in [5.41, 5.74) is 3.32. The van der Waals surface area contributed by atoms with Gasteiger partial charge in [-0.05, 0) is 47.9 Å². The molecule has 0 saturated heterocycles. The molecule has 0 aliphatic rings. The van der Waals surface area contributed by atoms with Crippen molar-refractivity contribution in [2.75, 3.05) is 0 Å². The highest BCUT2D eigenvalue weighted by molar-refractivity contribution is 5.92. The Morgan fingerprint density at radius 2 is 1.73 bits per heavy atom. The third-order valence-corrected chi connectivity index (χ3v) is 4.09. The first-order chi connectivity index (χ1) is 12.7. The molecule has 0 fully saturated rings. The van der Waals surface area contributed by atoms with Crippen LogP contribution in [0.15, 0.2) is 54.9 Å². The number of rotatable bonds is 7. The zero-order chi connectivity index (χ0) is 18.4. The molecule has 0 bridgehead atoms. The number of aromatic hydroxyl groups is 1. The maximum absolute atomic E-state index is 13.0. The molecule has 0 unspecified atom stereocenters. The number of aromatic nitrogens is 3. The molecule has 0 saturated carbocycles. The van der Waals surface area contributed by atoms with E-state index < -0.39 is 0 Å². The van der Waals surface area contributed by atoms with Crippen LogP contribution in [0.2, 0.25) is 0 Å². The van der Waals surface area contributed by atoms with Gasteiger partial charge in [-0.15, -0.1) is 0 Å². The number of amides is 1. The zero-order valence-corrected chi connectivity index (χ0v) is 14.7. The van der Waals surface area contributed by atoms with E-state index in [4.69, 9.17) is 0 Å². The fourth-order valence-corrected chi connectivity index (χ4v) is 2.76. The Bertz CT molecular complexity index is 844. The first kappa shape index (κ1) is 17.7. The quantitative estimate of drug-likeness (QED) is 0.685. The average molecular weight is 350 g/mol. The summed E-state index contributed by atoms with van der Waals surface area (Å²) >= 11 is 0. The van der Waals surface area contributed by atoms with Crippen LogP contribution in [0.3, 0.4) is 0 Å². The third kappa shape index (κ3) is 4.47. The number of aryl methyl sites for hydroxylation is 1. The Balaban J connectivity index is 1.83. The molecule has 2 N–H and O–H groups in total. The number of hydrogen-bond acceptors (Lipinski definition) is 4. The van der Waals surface area contributed by atoms with Gasteiger partial charge in [-0.3, -0.25) is 14.9 Å². The number of carbonyl (C=O) groups excluding carboxylic acids is 1. The minimum atomic E-state index is -0.131. The third-order valence-electron chi connectivity index (χ3n) is 4.09. The summed E-state index contributed by atoms with van der Waals surface area (Å²) in [6, 6.07) is 12.5. The second kappa shape index (κ2) is 8.29. The number of nitrogens with zero attached hydrogens (tertiary/aromatic N) is 3. The SMILES string of the molecule is CCCc1cc(C(=O)N(Cc2ccncc2)Cc2ccc(O)cc2)n[nH]1. The highest BCUT2D eigenvalue weighted by atomic mass is 16.3. The van der Waals surface area contributed by atoms with Crippen LogP contribution >= 0.6 is 0 Å². The Kier molecular flexibility index (Phi) is 5.63. The van der Waals surface area contributed by atoms with Crippen LogP contribution in [-0.2, 0) is 19.5 Å². The second-order valence-corrected chi connectivity index (χ2v) is 6.21. The molecule has 0 aliphatic heterocycles. The first-order valence-corrected chi connectivity index (χ1v) is 8.66. The molecule has 1 aromatic carbocycles. The van der Waals surface area contributed by atoms with Crippen LogP contribution in [0.5, 0.6) is 5.75 Å². The van der Waals surface area contributed by atoms with E-state index in [0.717, 1.165) is 29.7 Å². The minimum Gasteiger partial charge on any atom is -0.508 e. The van der Waals surface area contributed by atoms with Gasteiger partial charge in [0.25, 0.3) is 5.91 Å². The molecular weight excluding hydrogens is 328 g/mol. The molecule has 2 heterocycles. The number of hydrogen-bond donors (Lipinski definition) is 2. The summed E-state index contributed by atoms with van der Waals surface area (Å²) < 4.78 is 0. The van der Waals surface area contributed by atoms with Crippen molar-refractivity contribution >= 4 is 5.91 Å². The van der Waals surface area contributed by atoms with Crippen molar-refractivity contribution in [3.05, 3.63) is 77.4 Å². The number of aromatic amines is 1. The van der Waals surface area contributed by atoms with E-state index in [1.54, 1.807) is 29.4 Å². The van der Waals surface area contributed by atoms with Crippen molar-refractivity contribution in [1.82, 2.24) is 20.1 Å². The number of phenolic OH excluding ortho intramolecular Hbond substituents is 1. The predicted molar refractivity (Wildman–Crippen MR) is 98.5 cm³/mol. The van der Waals surface area contributed by atoms with Crippen LogP contribution in [0, 0.1) is 0 Å². The minimum absolute atomic E-state index is 0.131. The van der Waals surface area contributed by atoms with E-state index in [9.17, 15) is 9.90 Å². The lowest BCUT2D eigenvalue weighted by Crippen LogP contribution is -2.30. The van der Waals surface area contributed by atoms with E-state index in [1.807, 2.05) is 30.3 Å². The summed E-state index contributed by atoms with van der Waals surface area (Å²) in [5.74, 6) is 0.0748. The standard InChI is InChI=1S/C20H22N4O2/c1-2-3-17-12-19(23-22-17)20(26)24(14-16-8-10-21-11-9-16)13-15-4-6-18(25)7-5-15/h4-12,25H,2-3,13-14H2,1H3,(H,22,23). The highest BCUT2D eigenvalue weighted by Gasteiger charge is 2.19. The zero-order valence-electron chi connectivity index (χ0n) is 14.7. The molecule has 3 aromatic rings. The fourth-order valence-electron chi connectivity index (χ4n) is 2.76. The predicted octanol–water partition coefficient (Wildman–Crippen LogP) is 3.31. The summed E-state index contributed by atoms with van der Waals surface area (Å²) in [5, 5.41) is 16.6.